The maximum Gasteiger partial charge on any atom is 0.490 e. The third-order valence-electron chi connectivity index (χ3n) is 2.59. The summed E-state index contributed by atoms with van der Waals surface area (Å²) in [5.74, 6) is -3.91. The molecule has 0 saturated carbocycles. The number of carbonyl (C=O) groups excluding carboxylic acids is 1. The predicted molar refractivity (Wildman–Crippen MR) is 59.7 cm³/mol. The molecule has 1 amide bonds. The first-order chi connectivity index (χ1) is 9.04. The van der Waals surface area contributed by atoms with Crippen LogP contribution in [-0.4, -0.2) is 58.8 Å². The number of piperidine rings is 1. The van der Waals surface area contributed by atoms with Crippen molar-refractivity contribution in [3.63, 3.8) is 0 Å². The lowest BCUT2D eigenvalue weighted by Gasteiger charge is -2.28. The monoisotopic (exact) mass is 300 g/mol. The average Bonchev–Trinajstić information content (AvgIpc) is 2.28. The molecule has 0 bridgehead atoms. The molecule has 20 heavy (non-hydrogen) atoms. The summed E-state index contributed by atoms with van der Waals surface area (Å²) in [6.07, 6.45) is -3.72. The van der Waals surface area contributed by atoms with Gasteiger partial charge in [0.05, 0.1) is 6.54 Å². The number of rotatable bonds is 3. The molecule has 0 aromatic carbocycles. The summed E-state index contributed by atoms with van der Waals surface area (Å²) < 4.78 is 31.7. The van der Waals surface area contributed by atoms with Crippen molar-refractivity contribution in [3.8, 4) is 0 Å². The van der Waals surface area contributed by atoms with E-state index in [2.05, 4.69) is 0 Å². The van der Waals surface area contributed by atoms with Gasteiger partial charge in [0.25, 0.3) is 0 Å². The van der Waals surface area contributed by atoms with E-state index in [1.165, 1.54) is 0 Å². The Kier molecular flexibility index (Phi) is 6.97. The maximum absolute atomic E-state index is 10.8. The van der Waals surface area contributed by atoms with Gasteiger partial charge in [-0.15, -0.1) is 0 Å². The quantitative estimate of drug-likeness (QED) is 0.669. The van der Waals surface area contributed by atoms with Crippen LogP contribution in [0.15, 0.2) is 0 Å². The highest BCUT2D eigenvalue weighted by Crippen LogP contribution is 2.15. The molecule has 0 spiro atoms. The fourth-order valence-corrected chi connectivity index (χ4v) is 1.57. The Morgan fingerprint density at radius 1 is 1.15 bits per heavy atom. The van der Waals surface area contributed by atoms with E-state index in [9.17, 15) is 22.8 Å². The maximum atomic E-state index is 10.8. The summed E-state index contributed by atoms with van der Waals surface area (Å²) in [6.45, 7) is 1.37. The van der Waals surface area contributed by atoms with Gasteiger partial charge in [-0.1, -0.05) is 0 Å². The molecule has 0 aromatic rings. The summed E-state index contributed by atoms with van der Waals surface area (Å²) in [4.78, 5) is 31.8. The van der Waals surface area contributed by atoms with Crippen LogP contribution in [0.5, 0.6) is 0 Å². The Morgan fingerprint density at radius 3 is 1.80 bits per heavy atom. The lowest BCUT2D eigenvalue weighted by molar-refractivity contribution is -0.192. The third kappa shape index (κ3) is 7.56. The van der Waals surface area contributed by atoms with E-state index in [-0.39, 0.29) is 18.4 Å². The van der Waals surface area contributed by atoms with Crippen LogP contribution in [0, 0.1) is 5.92 Å². The van der Waals surface area contributed by atoms with Crippen LogP contribution in [0.4, 0.5) is 13.2 Å². The topological polar surface area (TPSA) is 121 Å². The number of aliphatic carboxylic acids is 2. The van der Waals surface area contributed by atoms with Crippen molar-refractivity contribution < 1.29 is 37.8 Å². The van der Waals surface area contributed by atoms with Crippen molar-refractivity contribution in [2.75, 3.05) is 19.6 Å². The minimum Gasteiger partial charge on any atom is -0.480 e. The first kappa shape index (κ1) is 18.2. The summed E-state index contributed by atoms with van der Waals surface area (Å²) in [5.41, 5.74) is 5.14. The number of carboxylic acids is 2. The van der Waals surface area contributed by atoms with Gasteiger partial charge in [-0.2, -0.15) is 13.2 Å². The Hall–Kier alpha value is -1.84. The minimum absolute atomic E-state index is 0.0610. The summed E-state index contributed by atoms with van der Waals surface area (Å²) in [6, 6.07) is 0. The van der Waals surface area contributed by atoms with Crippen LogP contribution in [0.2, 0.25) is 0 Å². The summed E-state index contributed by atoms with van der Waals surface area (Å²) >= 11 is 0. The summed E-state index contributed by atoms with van der Waals surface area (Å²) in [7, 11) is 0. The van der Waals surface area contributed by atoms with Crippen LogP contribution in [-0.2, 0) is 14.4 Å². The van der Waals surface area contributed by atoms with Gasteiger partial charge in [-0.05, 0) is 25.9 Å². The highest BCUT2D eigenvalue weighted by Gasteiger charge is 2.38. The molecule has 4 N–H and O–H groups in total. The predicted octanol–water partition coefficient (Wildman–Crippen LogP) is -0.0984. The molecule has 7 nitrogen and oxygen atoms in total. The van der Waals surface area contributed by atoms with Crippen molar-refractivity contribution in [2.24, 2.45) is 11.7 Å². The van der Waals surface area contributed by atoms with Gasteiger partial charge in [0.1, 0.15) is 0 Å². The number of halogens is 3. The SMILES string of the molecule is NC(=O)C1CCN(CC(=O)O)CC1.O=C(O)C(F)(F)F. The zero-order chi connectivity index (χ0) is 15.9. The number of alkyl halides is 3. The number of nitrogens with zero attached hydrogens (tertiary/aromatic N) is 1. The second-order valence-electron chi connectivity index (χ2n) is 4.15. The van der Waals surface area contributed by atoms with Crippen molar-refractivity contribution in [2.45, 2.75) is 19.0 Å². The zero-order valence-corrected chi connectivity index (χ0v) is 10.4. The van der Waals surface area contributed by atoms with E-state index in [1.54, 1.807) is 0 Å². The normalized spacial score (nSPS) is 16.9. The molecular weight excluding hydrogens is 285 g/mol. The molecule has 0 unspecified atom stereocenters. The number of likely N-dealkylation sites (tertiary alicyclic amines) is 1. The van der Waals surface area contributed by atoms with Crippen molar-refractivity contribution >= 4 is 17.8 Å². The fraction of sp³-hybridized carbons (Fsp3) is 0.700. The molecule has 1 heterocycles. The molecule has 0 aliphatic carbocycles. The number of hydrogen-bond acceptors (Lipinski definition) is 4. The Bertz CT molecular complexity index is 364. The standard InChI is InChI=1S/C8H14N2O3.C2HF3O2/c9-8(13)6-1-3-10(4-2-6)5-7(11)12;3-2(4,5)1(6)7/h6H,1-5H2,(H2,9,13)(H,11,12);(H,6,7). The number of carboxylic acid groups (broad SMARTS) is 2. The van der Waals surface area contributed by atoms with Crippen LogP contribution >= 0.6 is 0 Å². The van der Waals surface area contributed by atoms with E-state index in [4.69, 9.17) is 20.7 Å². The second-order valence-corrected chi connectivity index (χ2v) is 4.15. The molecule has 0 radical (unpaired) electrons. The lowest BCUT2D eigenvalue weighted by Crippen LogP contribution is -2.40. The van der Waals surface area contributed by atoms with Gasteiger partial charge in [0.15, 0.2) is 0 Å². The first-order valence-corrected chi connectivity index (χ1v) is 5.57. The first-order valence-electron chi connectivity index (χ1n) is 5.57. The molecule has 1 saturated heterocycles. The van der Waals surface area contributed by atoms with Crippen molar-refractivity contribution in [1.82, 2.24) is 4.90 Å². The van der Waals surface area contributed by atoms with E-state index in [0.717, 1.165) is 0 Å². The molecule has 0 aromatic heterocycles. The zero-order valence-electron chi connectivity index (χ0n) is 10.4. The number of carbonyl (C=O) groups is 3. The number of primary amides is 1. The second kappa shape index (κ2) is 7.68. The molecule has 116 valence electrons. The molecule has 0 atom stereocenters. The van der Waals surface area contributed by atoms with E-state index >= 15 is 0 Å². The number of nitrogens with two attached hydrogens (primary N) is 1. The molecule has 1 rings (SSSR count). The van der Waals surface area contributed by atoms with Crippen LogP contribution in [0.3, 0.4) is 0 Å². The average molecular weight is 300 g/mol. The molecular formula is C10H15F3N2O5. The lowest BCUT2D eigenvalue weighted by atomic mass is 9.96. The third-order valence-corrected chi connectivity index (χ3v) is 2.59. The van der Waals surface area contributed by atoms with E-state index < -0.39 is 18.1 Å². The largest absolute Gasteiger partial charge is 0.490 e. The molecule has 1 fully saturated rings. The van der Waals surface area contributed by atoms with Crippen LogP contribution in [0.1, 0.15) is 12.8 Å². The highest BCUT2D eigenvalue weighted by atomic mass is 19.4. The van der Waals surface area contributed by atoms with Gasteiger partial charge < -0.3 is 15.9 Å². The van der Waals surface area contributed by atoms with Crippen LogP contribution < -0.4 is 5.73 Å². The molecule has 1 aliphatic rings. The minimum atomic E-state index is -5.08. The van der Waals surface area contributed by atoms with Gasteiger partial charge in [-0.25, -0.2) is 4.79 Å². The van der Waals surface area contributed by atoms with Gasteiger partial charge in [-0.3, -0.25) is 14.5 Å². The Balaban J connectivity index is 0.000000441. The van der Waals surface area contributed by atoms with Crippen molar-refractivity contribution in [1.29, 1.82) is 0 Å². The van der Waals surface area contributed by atoms with E-state index in [0.29, 0.717) is 25.9 Å². The van der Waals surface area contributed by atoms with Crippen molar-refractivity contribution in [3.05, 3.63) is 0 Å². The Labute approximate surface area is 112 Å². The van der Waals surface area contributed by atoms with Gasteiger partial charge in [0.2, 0.25) is 5.91 Å². The molecule has 10 heteroatoms. The van der Waals surface area contributed by atoms with Gasteiger partial charge in [0, 0.05) is 5.92 Å². The fourth-order valence-electron chi connectivity index (χ4n) is 1.57. The van der Waals surface area contributed by atoms with Gasteiger partial charge >= 0.3 is 18.1 Å². The summed E-state index contributed by atoms with van der Waals surface area (Å²) in [5, 5.41) is 15.6. The smallest absolute Gasteiger partial charge is 0.480 e. The van der Waals surface area contributed by atoms with E-state index in [1.807, 2.05) is 4.90 Å². The van der Waals surface area contributed by atoms with Crippen LogP contribution in [0.25, 0.3) is 0 Å². The Morgan fingerprint density at radius 2 is 1.55 bits per heavy atom. The highest BCUT2D eigenvalue weighted by molar-refractivity contribution is 5.76. The molecule has 1 aliphatic heterocycles. The number of amides is 1. The number of hydrogen-bond donors (Lipinski definition) is 3.